The lowest BCUT2D eigenvalue weighted by molar-refractivity contribution is 0.432. The fourth-order valence-corrected chi connectivity index (χ4v) is 2.78. The van der Waals surface area contributed by atoms with Crippen LogP contribution in [0.25, 0.3) is 35.0 Å². The first-order valence-corrected chi connectivity index (χ1v) is 8.79. The molecule has 0 saturated carbocycles. The Kier molecular flexibility index (Phi) is 5.64. The molecule has 4 N–H and O–H groups in total. The van der Waals surface area contributed by atoms with Crippen molar-refractivity contribution in [1.29, 1.82) is 5.41 Å². The minimum atomic E-state index is -0.251. The third-order valence-corrected chi connectivity index (χ3v) is 4.05. The number of amidine groups is 2. The van der Waals surface area contributed by atoms with E-state index in [2.05, 4.69) is 26.7 Å². The lowest BCUT2D eigenvalue weighted by Crippen LogP contribution is -2.11. The number of hydrogen-bond donors (Lipinski definition) is 3. The van der Waals surface area contributed by atoms with Gasteiger partial charge in [-0.2, -0.15) is 4.98 Å². The molecule has 2 aromatic heterocycles. The zero-order valence-electron chi connectivity index (χ0n) is 16.1. The summed E-state index contributed by atoms with van der Waals surface area (Å²) in [4.78, 5) is 23.2. The van der Waals surface area contributed by atoms with Gasteiger partial charge in [-0.3, -0.25) is 10.2 Å². The molecule has 3 aromatic rings. The van der Waals surface area contributed by atoms with Crippen LogP contribution in [0.3, 0.4) is 0 Å². The van der Waals surface area contributed by atoms with Crippen LogP contribution in [0.4, 0.5) is 0 Å². The Morgan fingerprint density at radius 3 is 2.86 bits per heavy atom. The van der Waals surface area contributed by atoms with Gasteiger partial charge in [0.2, 0.25) is 5.82 Å². The van der Waals surface area contributed by atoms with Crippen molar-refractivity contribution in [2.45, 2.75) is 13.8 Å². The van der Waals surface area contributed by atoms with Crippen molar-refractivity contribution in [2.75, 3.05) is 0 Å². The highest BCUT2D eigenvalue weighted by Gasteiger charge is 2.17. The molecule has 1 aromatic carbocycles. The Balaban J connectivity index is 2.05. The van der Waals surface area contributed by atoms with E-state index in [0.29, 0.717) is 39.5 Å². The number of nitrogens with two attached hydrogens (primary N) is 1. The number of H-pyrrole nitrogens is 1. The molecule has 0 fully saturated rings. The molecule has 0 amide bonds. The molecule has 29 heavy (non-hydrogen) atoms. The van der Waals surface area contributed by atoms with E-state index in [0.717, 1.165) is 0 Å². The van der Waals surface area contributed by atoms with Crippen LogP contribution in [-0.2, 0) is 0 Å². The first-order chi connectivity index (χ1) is 13.9. The van der Waals surface area contributed by atoms with Crippen molar-refractivity contribution in [3.05, 3.63) is 70.2 Å². The van der Waals surface area contributed by atoms with Crippen LogP contribution in [0.15, 0.2) is 57.4 Å². The zero-order valence-corrected chi connectivity index (χ0v) is 16.1. The number of aromatic amines is 1. The maximum absolute atomic E-state index is 12.1. The van der Waals surface area contributed by atoms with Gasteiger partial charge in [-0.25, -0.2) is 4.99 Å². The molecule has 0 unspecified atom stereocenters. The number of nitrogens with one attached hydrogen (secondary N) is 2. The van der Waals surface area contributed by atoms with E-state index in [-0.39, 0.29) is 17.3 Å². The van der Waals surface area contributed by atoms with Crippen molar-refractivity contribution >= 4 is 23.8 Å². The van der Waals surface area contributed by atoms with Gasteiger partial charge in [0, 0.05) is 28.5 Å². The van der Waals surface area contributed by atoms with E-state index >= 15 is 0 Å². The Morgan fingerprint density at radius 2 is 2.17 bits per heavy atom. The van der Waals surface area contributed by atoms with Gasteiger partial charge >= 0.3 is 0 Å². The number of hydrogen-bond acceptors (Lipinski definition) is 5. The van der Waals surface area contributed by atoms with Crippen LogP contribution >= 0.6 is 0 Å². The molecule has 146 valence electrons. The van der Waals surface area contributed by atoms with Crippen molar-refractivity contribution in [3.63, 3.8) is 0 Å². The van der Waals surface area contributed by atoms with Crippen molar-refractivity contribution in [3.8, 4) is 22.8 Å². The topological polar surface area (TPSA) is 134 Å². The fraction of sp³-hybridized carbons (Fsp3) is 0.0952. The largest absolute Gasteiger partial charge is 0.387 e. The minimum Gasteiger partial charge on any atom is -0.387 e. The summed E-state index contributed by atoms with van der Waals surface area (Å²) in [6, 6.07) is 7.07. The number of nitrogens with zero attached hydrogens (tertiary/aromatic N) is 3. The number of benzene rings is 1. The van der Waals surface area contributed by atoms with E-state index in [4.69, 9.17) is 15.7 Å². The normalized spacial score (nSPS) is 11.7. The lowest BCUT2D eigenvalue weighted by atomic mass is 10.0. The van der Waals surface area contributed by atoms with Gasteiger partial charge in [-0.15, -0.1) is 0 Å². The van der Waals surface area contributed by atoms with Gasteiger partial charge in [-0.05, 0) is 19.9 Å². The van der Waals surface area contributed by atoms with Gasteiger partial charge in [0.15, 0.2) is 5.84 Å². The summed E-state index contributed by atoms with van der Waals surface area (Å²) in [6.07, 6.45) is 6.63. The number of pyridine rings is 1. The molecule has 3 rings (SSSR count). The molecule has 0 aliphatic heterocycles. The molecule has 0 spiro atoms. The summed E-state index contributed by atoms with van der Waals surface area (Å²) in [7, 11) is 0. The molecule has 0 saturated heterocycles. The molecule has 2 heterocycles. The fourth-order valence-electron chi connectivity index (χ4n) is 2.78. The molecule has 0 aliphatic carbocycles. The van der Waals surface area contributed by atoms with Gasteiger partial charge in [0.1, 0.15) is 0 Å². The molecular formula is C21H20N6O2. The smallest absolute Gasteiger partial charge is 0.260 e. The molecule has 0 bridgehead atoms. The molecule has 8 nitrogen and oxygen atoms in total. The highest BCUT2D eigenvalue weighted by atomic mass is 16.5. The van der Waals surface area contributed by atoms with Crippen molar-refractivity contribution in [2.24, 2.45) is 10.7 Å². The van der Waals surface area contributed by atoms with Crippen molar-refractivity contribution < 1.29 is 4.52 Å². The maximum Gasteiger partial charge on any atom is 0.260 e. The summed E-state index contributed by atoms with van der Waals surface area (Å²) in [5.74, 6) is 0.946. The number of allylic oxidation sites excluding steroid dienone is 1. The molecule has 8 heteroatoms. The quantitative estimate of drug-likeness (QED) is 0.454. The van der Waals surface area contributed by atoms with Gasteiger partial charge in [0.05, 0.1) is 11.4 Å². The first-order valence-electron chi connectivity index (χ1n) is 8.79. The van der Waals surface area contributed by atoms with Gasteiger partial charge < -0.3 is 15.2 Å². The molecule has 0 atom stereocenters. The monoisotopic (exact) mass is 388 g/mol. The molecule has 0 aliphatic rings. The van der Waals surface area contributed by atoms with Gasteiger partial charge in [0.25, 0.3) is 11.4 Å². The predicted molar refractivity (Wildman–Crippen MR) is 115 cm³/mol. The lowest BCUT2D eigenvalue weighted by Gasteiger charge is -2.04. The van der Waals surface area contributed by atoms with Crippen molar-refractivity contribution in [1.82, 2.24) is 15.1 Å². The van der Waals surface area contributed by atoms with E-state index in [1.807, 2.05) is 13.0 Å². The van der Waals surface area contributed by atoms with Crippen LogP contribution in [0.2, 0.25) is 0 Å². The second-order valence-electron chi connectivity index (χ2n) is 6.17. The predicted octanol–water partition coefficient (Wildman–Crippen LogP) is 3.47. The molecule has 0 radical (unpaired) electrons. The highest BCUT2D eigenvalue weighted by molar-refractivity contribution is 6.04. The van der Waals surface area contributed by atoms with Gasteiger partial charge in [-0.1, -0.05) is 48.2 Å². The first kappa shape index (κ1) is 19.7. The molecular weight excluding hydrogens is 368 g/mol. The van der Waals surface area contributed by atoms with E-state index < -0.39 is 0 Å². The number of aromatic nitrogens is 3. The second-order valence-corrected chi connectivity index (χ2v) is 6.17. The Hall–Kier alpha value is -4.07. The Bertz CT molecular complexity index is 1200. The SMILES string of the molecule is C=Cc1c(/C=C\C)c(-c2nc(-c3cccc(C(=N)N=C(C)N)c3)no2)c[nH]c1=O. The van der Waals surface area contributed by atoms with Crippen LogP contribution < -0.4 is 11.3 Å². The summed E-state index contributed by atoms with van der Waals surface area (Å²) >= 11 is 0. The summed E-state index contributed by atoms with van der Waals surface area (Å²) in [5, 5.41) is 12.1. The van der Waals surface area contributed by atoms with Crippen LogP contribution in [0, 0.1) is 5.41 Å². The van der Waals surface area contributed by atoms with E-state index in [1.54, 1.807) is 37.3 Å². The van der Waals surface area contributed by atoms with Crippen LogP contribution in [0.1, 0.15) is 30.5 Å². The van der Waals surface area contributed by atoms with E-state index in [1.165, 1.54) is 12.3 Å². The minimum absolute atomic E-state index is 0.0437. The summed E-state index contributed by atoms with van der Waals surface area (Å²) < 4.78 is 5.44. The Labute approximate surface area is 167 Å². The maximum atomic E-state index is 12.1. The average molecular weight is 388 g/mol. The second kappa shape index (κ2) is 8.30. The summed E-state index contributed by atoms with van der Waals surface area (Å²) in [6.45, 7) is 7.18. The zero-order chi connectivity index (χ0) is 21.0. The van der Waals surface area contributed by atoms with E-state index in [9.17, 15) is 4.79 Å². The number of rotatable bonds is 5. The van der Waals surface area contributed by atoms with Crippen LogP contribution in [0.5, 0.6) is 0 Å². The summed E-state index contributed by atoms with van der Waals surface area (Å²) in [5.41, 5.74) is 8.19. The average Bonchev–Trinajstić information content (AvgIpc) is 3.18. The highest BCUT2D eigenvalue weighted by Crippen LogP contribution is 2.27. The Morgan fingerprint density at radius 1 is 1.38 bits per heavy atom. The third kappa shape index (κ3) is 4.11. The number of aliphatic imine (C=N–C) groups is 1. The standard InChI is InChI=1S/C21H20N6O2/c1-4-7-16-15(5-2)20(28)24-11-17(16)21-26-19(27-29-21)14-9-6-8-13(10-14)18(23)25-12(3)22/h4-11H,2H2,1,3H3,(H,24,28)(H3,22,23,25)/b7-4-. The van der Waals surface area contributed by atoms with Crippen LogP contribution in [-0.4, -0.2) is 26.8 Å². The third-order valence-electron chi connectivity index (χ3n) is 4.05.